The Hall–Kier alpha value is -2.28. The Bertz CT molecular complexity index is 780. The molecule has 0 saturated carbocycles. The maximum atomic E-state index is 12.6. The summed E-state index contributed by atoms with van der Waals surface area (Å²) in [6.45, 7) is 5.03. The summed E-state index contributed by atoms with van der Waals surface area (Å²) in [6, 6.07) is 2.24. The molecule has 0 aliphatic carbocycles. The number of amides is 1. The number of nitrogens with one attached hydrogen (secondary N) is 1. The third-order valence-electron chi connectivity index (χ3n) is 5.39. The quantitative estimate of drug-likeness (QED) is 0.906. The average molecular weight is 354 g/mol. The smallest absolute Gasteiger partial charge is 0.224 e. The summed E-state index contributed by atoms with van der Waals surface area (Å²) in [7, 11) is 0. The van der Waals surface area contributed by atoms with Crippen molar-refractivity contribution in [2.24, 2.45) is 0 Å². The lowest BCUT2D eigenvalue weighted by Gasteiger charge is -2.29. The number of aromatic nitrogens is 4. The molecule has 1 N–H and O–H groups in total. The Morgan fingerprint density at radius 2 is 2.31 bits per heavy atom. The molecule has 0 bridgehead atoms. The van der Waals surface area contributed by atoms with E-state index in [1.54, 1.807) is 6.20 Å². The maximum absolute atomic E-state index is 12.6. The van der Waals surface area contributed by atoms with Gasteiger partial charge < -0.3 is 10.2 Å². The lowest BCUT2D eigenvalue weighted by atomic mass is 10.0. The highest BCUT2D eigenvalue weighted by molar-refractivity contribution is 5.76. The van der Waals surface area contributed by atoms with E-state index in [1.165, 1.54) is 12.8 Å². The van der Waals surface area contributed by atoms with E-state index in [1.807, 2.05) is 28.8 Å². The summed E-state index contributed by atoms with van der Waals surface area (Å²) in [5.41, 5.74) is 3.27. The fourth-order valence-electron chi connectivity index (χ4n) is 3.78. The molecule has 0 aromatic carbocycles. The van der Waals surface area contributed by atoms with Gasteiger partial charge in [-0.25, -0.2) is 9.97 Å². The molecular weight excluding hydrogens is 328 g/mol. The summed E-state index contributed by atoms with van der Waals surface area (Å²) in [5, 5.41) is 7.75. The number of carbonyl (C=O) groups is 1. The second-order valence-corrected chi connectivity index (χ2v) is 7.21. The largest absolute Gasteiger partial charge is 0.338 e. The number of aryl methyl sites for hydroxylation is 2. The first kappa shape index (κ1) is 17.1. The van der Waals surface area contributed by atoms with Gasteiger partial charge in [0, 0.05) is 56.1 Å². The van der Waals surface area contributed by atoms with Gasteiger partial charge in [-0.05, 0) is 32.4 Å². The molecule has 1 amide bonds. The van der Waals surface area contributed by atoms with Crippen LogP contribution in [-0.2, 0) is 24.3 Å². The van der Waals surface area contributed by atoms with Gasteiger partial charge in [-0.3, -0.25) is 9.48 Å². The third kappa shape index (κ3) is 3.62. The maximum Gasteiger partial charge on any atom is 0.224 e. The fraction of sp³-hybridized carbons (Fsp3) is 0.579. The van der Waals surface area contributed by atoms with Gasteiger partial charge in [-0.2, -0.15) is 5.10 Å². The zero-order valence-electron chi connectivity index (χ0n) is 15.3. The van der Waals surface area contributed by atoms with Crippen molar-refractivity contribution in [2.45, 2.75) is 58.2 Å². The van der Waals surface area contributed by atoms with Gasteiger partial charge >= 0.3 is 0 Å². The number of fused-ring (bicyclic) bond motifs is 1. The van der Waals surface area contributed by atoms with Crippen molar-refractivity contribution < 1.29 is 4.79 Å². The van der Waals surface area contributed by atoms with Crippen LogP contribution >= 0.6 is 0 Å². The van der Waals surface area contributed by atoms with Crippen molar-refractivity contribution in [3.05, 3.63) is 41.2 Å². The molecule has 4 heterocycles. The van der Waals surface area contributed by atoms with Crippen LogP contribution in [-0.4, -0.2) is 43.6 Å². The van der Waals surface area contributed by atoms with Crippen molar-refractivity contribution in [2.75, 3.05) is 13.1 Å². The third-order valence-corrected chi connectivity index (χ3v) is 5.39. The van der Waals surface area contributed by atoms with Gasteiger partial charge in [0.1, 0.15) is 5.82 Å². The zero-order chi connectivity index (χ0) is 17.9. The second-order valence-electron chi connectivity index (χ2n) is 7.21. The average Bonchev–Trinajstić information content (AvgIpc) is 3.10. The van der Waals surface area contributed by atoms with Gasteiger partial charge in [0.15, 0.2) is 0 Å². The second kappa shape index (κ2) is 7.53. The summed E-state index contributed by atoms with van der Waals surface area (Å²) < 4.78 is 1.88. The summed E-state index contributed by atoms with van der Waals surface area (Å²) in [4.78, 5) is 23.9. The standard InChI is InChI=1S/C19H26N6O/c1-14-5-9-22-25(14)11-7-18(26)24-10-6-16-15(13-24)12-21-19(23-16)17-4-2-3-8-20-17/h5,9,12,17,20H,2-4,6-8,10-11,13H2,1H3/t17-/m0/s1. The molecule has 7 heteroatoms. The predicted octanol–water partition coefficient (Wildman–Crippen LogP) is 1.77. The molecule has 0 radical (unpaired) electrons. The molecular formula is C19H26N6O. The molecule has 1 saturated heterocycles. The van der Waals surface area contributed by atoms with E-state index in [2.05, 4.69) is 15.4 Å². The fourth-order valence-corrected chi connectivity index (χ4v) is 3.78. The lowest BCUT2D eigenvalue weighted by Crippen LogP contribution is -2.37. The normalized spacial score (nSPS) is 20.0. The van der Waals surface area contributed by atoms with Crippen LogP contribution in [0.5, 0.6) is 0 Å². The Balaban J connectivity index is 1.38. The van der Waals surface area contributed by atoms with E-state index in [0.717, 1.165) is 48.7 Å². The molecule has 26 heavy (non-hydrogen) atoms. The Morgan fingerprint density at radius 1 is 1.38 bits per heavy atom. The lowest BCUT2D eigenvalue weighted by molar-refractivity contribution is -0.132. The predicted molar refractivity (Wildman–Crippen MR) is 97.3 cm³/mol. The Labute approximate surface area is 153 Å². The molecule has 0 spiro atoms. The molecule has 1 fully saturated rings. The highest BCUT2D eigenvalue weighted by Gasteiger charge is 2.24. The van der Waals surface area contributed by atoms with Gasteiger partial charge in [0.2, 0.25) is 5.91 Å². The van der Waals surface area contributed by atoms with Crippen LogP contribution in [0.1, 0.15) is 54.5 Å². The van der Waals surface area contributed by atoms with Crippen molar-refractivity contribution in [1.29, 1.82) is 0 Å². The van der Waals surface area contributed by atoms with Crippen LogP contribution in [0.15, 0.2) is 18.5 Å². The number of piperidine rings is 1. The van der Waals surface area contributed by atoms with E-state index < -0.39 is 0 Å². The van der Waals surface area contributed by atoms with E-state index in [0.29, 0.717) is 19.5 Å². The first-order valence-corrected chi connectivity index (χ1v) is 9.55. The minimum absolute atomic E-state index is 0.170. The minimum Gasteiger partial charge on any atom is -0.338 e. The zero-order valence-corrected chi connectivity index (χ0v) is 15.3. The number of carbonyl (C=O) groups excluding carboxylic acids is 1. The van der Waals surface area contributed by atoms with Crippen LogP contribution in [0.25, 0.3) is 0 Å². The molecule has 2 aromatic rings. The molecule has 1 atom stereocenters. The van der Waals surface area contributed by atoms with Gasteiger partial charge in [-0.1, -0.05) is 6.42 Å². The van der Waals surface area contributed by atoms with Gasteiger partial charge in [0.25, 0.3) is 0 Å². The number of hydrogen-bond donors (Lipinski definition) is 1. The first-order chi connectivity index (χ1) is 12.7. The minimum atomic E-state index is 0.170. The number of rotatable bonds is 4. The van der Waals surface area contributed by atoms with E-state index in [-0.39, 0.29) is 11.9 Å². The van der Waals surface area contributed by atoms with Gasteiger partial charge in [0.05, 0.1) is 11.7 Å². The van der Waals surface area contributed by atoms with Crippen molar-refractivity contribution in [3.8, 4) is 0 Å². The van der Waals surface area contributed by atoms with Crippen LogP contribution in [0.3, 0.4) is 0 Å². The monoisotopic (exact) mass is 354 g/mol. The number of hydrogen-bond acceptors (Lipinski definition) is 5. The van der Waals surface area contributed by atoms with E-state index in [4.69, 9.17) is 4.98 Å². The molecule has 4 rings (SSSR count). The van der Waals surface area contributed by atoms with Crippen LogP contribution < -0.4 is 5.32 Å². The molecule has 0 unspecified atom stereocenters. The van der Waals surface area contributed by atoms with Crippen molar-refractivity contribution >= 4 is 5.91 Å². The molecule has 2 aliphatic heterocycles. The highest BCUT2D eigenvalue weighted by atomic mass is 16.2. The molecule has 7 nitrogen and oxygen atoms in total. The SMILES string of the molecule is Cc1ccnn1CCC(=O)N1CCc2nc([C@@H]3CCCCN3)ncc2C1. The van der Waals surface area contributed by atoms with E-state index >= 15 is 0 Å². The molecule has 2 aromatic heterocycles. The van der Waals surface area contributed by atoms with Crippen molar-refractivity contribution in [3.63, 3.8) is 0 Å². The topological polar surface area (TPSA) is 75.9 Å². The molecule has 2 aliphatic rings. The number of nitrogens with zero attached hydrogens (tertiary/aromatic N) is 5. The Kier molecular flexibility index (Phi) is 4.97. The van der Waals surface area contributed by atoms with Crippen LogP contribution in [0.2, 0.25) is 0 Å². The van der Waals surface area contributed by atoms with Gasteiger partial charge in [-0.15, -0.1) is 0 Å². The summed E-state index contributed by atoms with van der Waals surface area (Å²) >= 11 is 0. The highest BCUT2D eigenvalue weighted by Crippen LogP contribution is 2.23. The first-order valence-electron chi connectivity index (χ1n) is 9.55. The summed E-state index contributed by atoms with van der Waals surface area (Å²) in [6.07, 6.45) is 8.55. The Morgan fingerprint density at radius 3 is 3.08 bits per heavy atom. The molecule has 138 valence electrons. The van der Waals surface area contributed by atoms with Crippen LogP contribution in [0.4, 0.5) is 0 Å². The van der Waals surface area contributed by atoms with Crippen LogP contribution in [0, 0.1) is 6.92 Å². The van der Waals surface area contributed by atoms with Crippen molar-refractivity contribution in [1.82, 2.24) is 30.0 Å². The summed E-state index contributed by atoms with van der Waals surface area (Å²) in [5.74, 6) is 1.08. The van der Waals surface area contributed by atoms with E-state index in [9.17, 15) is 4.79 Å².